The van der Waals surface area contributed by atoms with Crippen molar-refractivity contribution in [2.45, 2.75) is 6.54 Å². The first kappa shape index (κ1) is 22.9. The van der Waals surface area contributed by atoms with Crippen LogP contribution < -0.4 is 16.0 Å². The molecule has 0 aliphatic carbocycles. The van der Waals surface area contributed by atoms with Crippen molar-refractivity contribution in [2.75, 3.05) is 42.3 Å². The minimum absolute atomic E-state index is 0.0127. The minimum Gasteiger partial charge on any atom is -0.384 e. The van der Waals surface area contributed by atoms with Crippen LogP contribution in [0.3, 0.4) is 0 Å². The first-order valence-electron chi connectivity index (χ1n) is 11.2. The quantitative estimate of drug-likeness (QED) is 0.540. The van der Waals surface area contributed by atoms with Crippen LogP contribution in [0.1, 0.15) is 11.1 Å². The Balaban J connectivity index is 1.48. The Morgan fingerprint density at radius 1 is 0.971 bits per heavy atom. The van der Waals surface area contributed by atoms with Gasteiger partial charge in [0.05, 0.1) is 19.8 Å². The van der Waals surface area contributed by atoms with E-state index in [1.165, 1.54) is 6.20 Å². The van der Waals surface area contributed by atoms with Crippen molar-refractivity contribution in [2.24, 2.45) is 0 Å². The number of nitrogens with two attached hydrogens (primary N) is 1. The van der Waals surface area contributed by atoms with Gasteiger partial charge in [0.1, 0.15) is 16.4 Å². The van der Waals surface area contributed by atoms with E-state index in [-0.39, 0.29) is 17.1 Å². The van der Waals surface area contributed by atoms with Crippen LogP contribution in [0.15, 0.2) is 78.6 Å². The van der Waals surface area contributed by atoms with Gasteiger partial charge in [0.2, 0.25) is 0 Å². The van der Waals surface area contributed by atoms with Crippen LogP contribution >= 0.6 is 0 Å². The summed E-state index contributed by atoms with van der Waals surface area (Å²) in [5.41, 5.74) is 8.30. The fraction of sp³-hybridized carbons (Fsp3) is 0.200. The van der Waals surface area contributed by atoms with E-state index in [2.05, 4.69) is 15.2 Å². The molecule has 10 heteroatoms. The zero-order valence-electron chi connectivity index (χ0n) is 18.9. The largest absolute Gasteiger partial charge is 0.384 e. The number of nitrogens with zero attached hydrogens (tertiary/aromatic N) is 3. The van der Waals surface area contributed by atoms with Gasteiger partial charge < -0.3 is 20.7 Å². The smallest absolute Gasteiger partial charge is 0.285 e. The summed E-state index contributed by atoms with van der Waals surface area (Å²) in [5.74, 6) is -0.312. The first-order valence-corrected chi connectivity index (χ1v) is 12.6. The highest BCUT2D eigenvalue weighted by Crippen LogP contribution is 2.37. The van der Waals surface area contributed by atoms with Gasteiger partial charge in [0.15, 0.2) is 0 Å². The van der Waals surface area contributed by atoms with Crippen molar-refractivity contribution >= 4 is 38.0 Å². The van der Waals surface area contributed by atoms with Crippen LogP contribution in [-0.2, 0) is 26.1 Å². The van der Waals surface area contributed by atoms with Crippen molar-refractivity contribution in [3.8, 4) is 0 Å². The van der Waals surface area contributed by atoms with E-state index in [9.17, 15) is 13.2 Å². The topological polar surface area (TPSA) is 118 Å². The molecule has 3 heterocycles. The lowest BCUT2D eigenvalue weighted by molar-refractivity contribution is -0.122. The number of ether oxygens (including phenoxy) is 1. The van der Waals surface area contributed by atoms with E-state index >= 15 is 0 Å². The molecule has 1 amide bonds. The van der Waals surface area contributed by atoms with Gasteiger partial charge in [-0.15, -0.1) is 0 Å². The van der Waals surface area contributed by atoms with Gasteiger partial charge in [-0.1, -0.05) is 36.4 Å². The molecule has 1 aromatic heterocycles. The fourth-order valence-corrected chi connectivity index (χ4v) is 5.82. The number of benzene rings is 2. The third-order valence-corrected chi connectivity index (χ3v) is 7.77. The number of anilines is 3. The second kappa shape index (κ2) is 9.40. The second-order valence-electron chi connectivity index (χ2n) is 8.25. The monoisotopic (exact) mass is 491 g/mol. The molecule has 1 fully saturated rings. The summed E-state index contributed by atoms with van der Waals surface area (Å²) in [7, 11) is -4.11. The number of carbonyl (C=O) groups is 1. The van der Waals surface area contributed by atoms with Gasteiger partial charge in [0, 0.05) is 30.7 Å². The molecule has 0 saturated carbocycles. The summed E-state index contributed by atoms with van der Waals surface area (Å²) in [6.07, 6.45) is 1.47. The molecule has 9 nitrogen and oxygen atoms in total. The van der Waals surface area contributed by atoms with Crippen LogP contribution in [0.25, 0.3) is 4.91 Å². The van der Waals surface area contributed by atoms with Gasteiger partial charge in [-0.2, -0.15) is 0 Å². The number of hydrogen-bond acceptors (Lipinski definition) is 8. The SMILES string of the molecule is Nc1ccc(CN2C(=O)C(Nc3ccc(N4CCOCC4)cc3)=C(c3ccccc3)S2(=O)=O)cn1. The van der Waals surface area contributed by atoms with Crippen molar-refractivity contribution in [3.63, 3.8) is 0 Å². The van der Waals surface area contributed by atoms with Gasteiger partial charge in [-0.05, 0) is 41.5 Å². The minimum atomic E-state index is -4.11. The molecule has 2 aliphatic rings. The molecule has 2 aliphatic heterocycles. The average Bonchev–Trinajstić information content (AvgIpc) is 3.06. The first-order chi connectivity index (χ1) is 16.9. The van der Waals surface area contributed by atoms with Crippen molar-refractivity contribution < 1.29 is 17.9 Å². The van der Waals surface area contributed by atoms with E-state index in [0.717, 1.165) is 23.1 Å². The van der Waals surface area contributed by atoms with E-state index < -0.39 is 15.9 Å². The summed E-state index contributed by atoms with van der Waals surface area (Å²) < 4.78 is 33.4. The number of hydrogen-bond donors (Lipinski definition) is 2. The molecular formula is C25H25N5O4S. The molecule has 0 unspecified atom stereocenters. The van der Waals surface area contributed by atoms with E-state index in [1.54, 1.807) is 42.5 Å². The number of rotatable bonds is 6. The van der Waals surface area contributed by atoms with Crippen LogP contribution in [0.5, 0.6) is 0 Å². The summed E-state index contributed by atoms with van der Waals surface area (Å²) in [6, 6.07) is 19.4. The summed E-state index contributed by atoms with van der Waals surface area (Å²) >= 11 is 0. The molecule has 1 saturated heterocycles. The van der Waals surface area contributed by atoms with Crippen LogP contribution in [0.4, 0.5) is 17.2 Å². The number of amides is 1. The lowest BCUT2D eigenvalue weighted by Gasteiger charge is -2.29. The number of sulfonamides is 1. The maximum atomic E-state index is 13.6. The van der Waals surface area contributed by atoms with E-state index in [4.69, 9.17) is 10.5 Å². The maximum Gasteiger partial charge on any atom is 0.285 e. The summed E-state index contributed by atoms with van der Waals surface area (Å²) in [6.45, 7) is 2.83. The summed E-state index contributed by atoms with van der Waals surface area (Å²) in [4.78, 5) is 19.6. The van der Waals surface area contributed by atoms with Crippen LogP contribution in [0, 0.1) is 0 Å². The molecule has 180 valence electrons. The van der Waals surface area contributed by atoms with Crippen molar-refractivity contribution in [3.05, 3.63) is 89.8 Å². The third kappa shape index (κ3) is 4.58. The molecule has 2 aromatic carbocycles. The molecule has 0 bridgehead atoms. The lowest BCUT2D eigenvalue weighted by Crippen LogP contribution is -2.36. The van der Waals surface area contributed by atoms with Gasteiger partial charge in [0.25, 0.3) is 15.9 Å². The highest BCUT2D eigenvalue weighted by Gasteiger charge is 2.44. The zero-order chi connectivity index (χ0) is 24.4. The predicted molar refractivity (Wildman–Crippen MR) is 135 cm³/mol. The van der Waals surface area contributed by atoms with Gasteiger partial charge in [-0.25, -0.2) is 17.7 Å². The van der Waals surface area contributed by atoms with Crippen LogP contribution in [0.2, 0.25) is 0 Å². The molecular weight excluding hydrogens is 466 g/mol. The molecule has 35 heavy (non-hydrogen) atoms. The molecule has 0 radical (unpaired) electrons. The summed E-state index contributed by atoms with van der Waals surface area (Å²) in [5, 5.41) is 3.08. The van der Waals surface area contributed by atoms with E-state index in [1.807, 2.05) is 24.3 Å². The second-order valence-corrected chi connectivity index (χ2v) is 10.0. The number of carbonyl (C=O) groups excluding carboxylic acids is 1. The fourth-order valence-electron chi connectivity index (χ4n) is 4.14. The molecule has 3 N–H and O–H groups in total. The zero-order valence-corrected chi connectivity index (χ0v) is 19.7. The Bertz CT molecular complexity index is 1350. The molecule has 5 rings (SSSR count). The molecule has 3 aromatic rings. The normalized spacial score (nSPS) is 17.7. The molecule has 0 spiro atoms. The Morgan fingerprint density at radius 3 is 2.34 bits per heavy atom. The van der Waals surface area contributed by atoms with Crippen molar-refractivity contribution in [1.29, 1.82) is 0 Å². The van der Waals surface area contributed by atoms with Crippen LogP contribution in [-0.4, -0.2) is 49.9 Å². The number of nitrogens with one attached hydrogen (secondary N) is 1. The van der Waals surface area contributed by atoms with Crippen molar-refractivity contribution in [1.82, 2.24) is 9.29 Å². The van der Waals surface area contributed by atoms with E-state index in [0.29, 0.717) is 35.8 Å². The third-order valence-electron chi connectivity index (χ3n) is 5.94. The van der Waals surface area contributed by atoms with Gasteiger partial charge >= 0.3 is 0 Å². The Hall–Kier alpha value is -3.89. The lowest BCUT2D eigenvalue weighted by atomic mass is 10.1. The Morgan fingerprint density at radius 2 is 1.69 bits per heavy atom. The molecule has 0 atom stereocenters. The Kier molecular flexibility index (Phi) is 6.14. The standard InChI is InChI=1S/C25H25N5O4S/c26-22-11-6-18(16-27-22)17-30-25(31)23(24(35(30,32)33)19-4-2-1-3-5-19)28-20-7-9-21(10-8-20)29-12-14-34-15-13-29/h1-11,16,28H,12-15,17H2,(H2,26,27). The number of morpholine rings is 1. The highest BCUT2D eigenvalue weighted by atomic mass is 32.2. The number of pyridine rings is 1. The number of aromatic nitrogens is 1. The highest BCUT2D eigenvalue weighted by molar-refractivity contribution is 7.99. The Labute approximate surface area is 203 Å². The average molecular weight is 492 g/mol. The van der Waals surface area contributed by atoms with Gasteiger partial charge in [-0.3, -0.25) is 4.79 Å². The number of nitrogen functional groups attached to an aromatic ring is 1. The maximum absolute atomic E-state index is 13.6. The predicted octanol–water partition coefficient (Wildman–Crippen LogP) is 2.65.